The zero-order valence-electron chi connectivity index (χ0n) is 12.4. The number of carbonyl (C=O) groups excluding carboxylic acids is 1. The number of piperidine rings is 1. The molecule has 1 aromatic carbocycles. The highest BCUT2D eigenvalue weighted by Crippen LogP contribution is 2.16. The van der Waals surface area contributed by atoms with Crippen LogP contribution in [0.3, 0.4) is 0 Å². The van der Waals surface area contributed by atoms with E-state index in [9.17, 15) is 13.2 Å². The summed E-state index contributed by atoms with van der Waals surface area (Å²) in [6.45, 7) is 5.07. The minimum absolute atomic E-state index is 0.144. The molecule has 1 saturated heterocycles. The van der Waals surface area contributed by atoms with Gasteiger partial charge in [-0.3, -0.25) is 4.79 Å². The Balaban J connectivity index is 2.06. The number of nitrogens with one attached hydrogen (secondary N) is 2. The van der Waals surface area contributed by atoms with Crippen LogP contribution in [0.1, 0.15) is 37.0 Å². The van der Waals surface area contributed by atoms with Gasteiger partial charge in [-0.15, -0.1) is 0 Å². The van der Waals surface area contributed by atoms with Gasteiger partial charge in [0.15, 0.2) is 9.84 Å². The summed E-state index contributed by atoms with van der Waals surface area (Å²) in [7, 11) is -3.29. The van der Waals surface area contributed by atoms with Gasteiger partial charge >= 0.3 is 0 Å². The van der Waals surface area contributed by atoms with Crippen LogP contribution in [0.4, 0.5) is 0 Å². The highest BCUT2D eigenvalue weighted by atomic mass is 32.2. The standard InChI is InChI=1S/C15H22N2O3S/c1-11(2)21(19,20)14-7-5-12(6-8-14)15(18)17-13-4-3-9-16-10-13/h5-8,11,13,16H,3-4,9-10H2,1-2H3,(H,17,18)/t13-/m0/s1. The lowest BCUT2D eigenvalue weighted by molar-refractivity contribution is 0.0930. The maximum absolute atomic E-state index is 12.1. The van der Waals surface area contributed by atoms with E-state index in [0.29, 0.717) is 5.56 Å². The van der Waals surface area contributed by atoms with E-state index in [2.05, 4.69) is 10.6 Å². The van der Waals surface area contributed by atoms with Crippen molar-refractivity contribution in [1.29, 1.82) is 0 Å². The zero-order chi connectivity index (χ0) is 15.5. The Morgan fingerprint density at radius 1 is 1.29 bits per heavy atom. The van der Waals surface area contributed by atoms with Crippen molar-refractivity contribution < 1.29 is 13.2 Å². The third kappa shape index (κ3) is 3.83. The largest absolute Gasteiger partial charge is 0.348 e. The third-order valence-corrected chi connectivity index (χ3v) is 5.87. The van der Waals surface area contributed by atoms with Crippen LogP contribution in [-0.2, 0) is 9.84 Å². The quantitative estimate of drug-likeness (QED) is 0.880. The second kappa shape index (κ2) is 6.58. The SMILES string of the molecule is CC(C)S(=O)(=O)c1ccc(C(=O)N[C@H]2CCCNC2)cc1. The maximum atomic E-state index is 12.1. The van der Waals surface area contributed by atoms with Crippen molar-refractivity contribution in [1.82, 2.24) is 10.6 Å². The molecular weight excluding hydrogens is 288 g/mol. The summed E-state index contributed by atoms with van der Waals surface area (Å²) < 4.78 is 24.0. The van der Waals surface area contributed by atoms with Crippen LogP contribution in [0.5, 0.6) is 0 Å². The fraction of sp³-hybridized carbons (Fsp3) is 0.533. The Morgan fingerprint density at radius 3 is 2.48 bits per heavy atom. The zero-order valence-corrected chi connectivity index (χ0v) is 13.2. The Morgan fingerprint density at radius 2 is 1.95 bits per heavy atom. The predicted molar refractivity (Wildman–Crippen MR) is 82.1 cm³/mol. The number of amides is 1. The molecule has 0 spiro atoms. The van der Waals surface area contributed by atoms with E-state index in [1.165, 1.54) is 12.1 Å². The summed E-state index contributed by atoms with van der Waals surface area (Å²) in [5.74, 6) is -0.155. The highest BCUT2D eigenvalue weighted by Gasteiger charge is 2.20. The summed E-state index contributed by atoms with van der Waals surface area (Å²) in [6.07, 6.45) is 2.02. The molecular formula is C15H22N2O3S. The topological polar surface area (TPSA) is 75.3 Å². The van der Waals surface area contributed by atoms with Gasteiger partial charge in [0.1, 0.15) is 0 Å². The Bertz CT molecular complexity index is 588. The molecule has 2 N–H and O–H groups in total. The van der Waals surface area contributed by atoms with Gasteiger partial charge in [0.25, 0.3) is 5.91 Å². The second-order valence-electron chi connectivity index (χ2n) is 5.63. The van der Waals surface area contributed by atoms with E-state index in [-0.39, 0.29) is 16.8 Å². The van der Waals surface area contributed by atoms with Crippen molar-refractivity contribution in [2.45, 2.75) is 42.9 Å². The van der Waals surface area contributed by atoms with Crippen molar-refractivity contribution in [3.05, 3.63) is 29.8 Å². The lowest BCUT2D eigenvalue weighted by Crippen LogP contribution is -2.45. The molecule has 1 heterocycles. The lowest BCUT2D eigenvalue weighted by Gasteiger charge is -2.23. The summed E-state index contributed by atoms with van der Waals surface area (Å²) in [5.41, 5.74) is 0.489. The number of carbonyl (C=O) groups is 1. The Hall–Kier alpha value is -1.40. The molecule has 0 radical (unpaired) electrons. The molecule has 0 unspecified atom stereocenters. The maximum Gasteiger partial charge on any atom is 0.251 e. The highest BCUT2D eigenvalue weighted by molar-refractivity contribution is 7.92. The van der Waals surface area contributed by atoms with Gasteiger partial charge in [0, 0.05) is 18.2 Å². The smallest absolute Gasteiger partial charge is 0.251 e. The van der Waals surface area contributed by atoms with E-state index in [0.717, 1.165) is 25.9 Å². The van der Waals surface area contributed by atoms with Crippen molar-refractivity contribution >= 4 is 15.7 Å². The van der Waals surface area contributed by atoms with Crippen LogP contribution >= 0.6 is 0 Å². The summed E-state index contributed by atoms with van der Waals surface area (Å²) in [6, 6.07) is 6.29. The van der Waals surface area contributed by atoms with Gasteiger partial charge in [-0.1, -0.05) is 0 Å². The molecule has 1 aromatic rings. The molecule has 6 heteroatoms. The molecule has 0 aromatic heterocycles. The molecule has 1 aliphatic rings. The third-order valence-electron chi connectivity index (χ3n) is 3.70. The second-order valence-corrected chi connectivity index (χ2v) is 8.14. The molecule has 1 aliphatic heterocycles. The first-order chi connectivity index (χ1) is 9.91. The summed E-state index contributed by atoms with van der Waals surface area (Å²) in [5, 5.41) is 5.74. The van der Waals surface area contributed by atoms with Crippen LogP contribution in [0.15, 0.2) is 29.2 Å². The first kappa shape index (κ1) is 16.0. The van der Waals surface area contributed by atoms with Crippen molar-refractivity contribution in [2.75, 3.05) is 13.1 Å². The Labute approximate surface area is 126 Å². The van der Waals surface area contributed by atoms with E-state index >= 15 is 0 Å². The van der Waals surface area contributed by atoms with Gasteiger partial charge in [-0.2, -0.15) is 0 Å². The first-order valence-electron chi connectivity index (χ1n) is 7.27. The number of hydrogen-bond acceptors (Lipinski definition) is 4. The average Bonchev–Trinajstić information content (AvgIpc) is 2.48. The molecule has 1 amide bonds. The average molecular weight is 310 g/mol. The normalized spacial score (nSPS) is 19.5. The molecule has 1 fully saturated rings. The molecule has 21 heavy (non-hydrogen) atoms. The fourth-order valence-corrected chi connectivity index (χ4v) is 3.37. The fourth-order valence-electron chi connectivity index (χ4n) is 2.31. The number of benzene rings is 1. The van der Waals surface area contributed by atoms with Gasteiger partial charge in [-0.25, -0.2) is 8.42 Å². The summed E-state index contributed by atoms with van der Waals surface area (Å²) in [4.78, 5) is 12.4. The van der Waals surface area contributed by atoms with Crippen molar-refractivity contribution in [3.63, 3.8) is 0 Å². The van der Waals surface area contributed by atoms with Crippen LogP contribution in [0, 0.1) is 0 Å². The molecule has 2 rings (SSSR count). The van der Waals surface area contributed by atoms with E-state index in [1.807, 2.05) is 0 Å². The van der Waals surface area contributed by atoms with Crippen LogP contribution in [0.2, 0.25) is 0 Å². The molecule has 116 valence electrons. The van der Waals surface area contributed by atoms with Crippen LogP contribution in [-0.4, -0.2) is 38.7 Å². The predicted octanol–water partition coefficient (Wildman–Crippen LogP) is 1.35. The van der Waals surface area contributed by atoms with Gasteiger partial charge in [0.2, 0.25) is 0 Å². The van der Waals surface area contributed by atoms with E-state index in [1.54, 1.807) is 26.0 Å². The van der Waals surface area contributed by atoms with Gasteiger partial charge < -0.3 is 10.6 Å². The van der Waals surface area contributed by atoms with Crippen LogP contribution < -0.4 is 10.6 Å². The molecule has 0 saturated carbocycles. The lowest BCUT2D eigenvalue weighted by atomic mass is 10.1. The minimum atomic E-state index is -3.29. The van der Waals surface area contributed by atoms with Gasteiger partial charge in [-0.05, 0) is 57.5 Å². The van der Waals surface area contributed by atoms with E-state index < -0.39 is 15.1 Å². The van der Waals surface area contributed by atoms with Crippen LogP contribution in [0.25, 0.3) is 0 Å². The van der Waals surface area contributed by atoms with E-state index in [4.69, 9.17) is 0 Å². The van der Waals surface area contributed by atoms with Gasteiger partial charge in [0.05, 0.1) is 10.1 Å². The monoisotopic (exact) mass is 310 g/mol. The molecule has 0 aliphatic carbocycles. The van der Waals surface area contributed by atoms with Crippen molar-refractivity contribution in [2.24, 2.45) is 0 Å². The van der Waals surface area contributed by atoms with Crippen molar-refractivity contribution in [3.8, 4) is 0 Å². The molecule has 0 bridgehead atoms. The first-order valence-corrected chi connectivity index (χ1v) is 8.81. The number of sulfone groups is 1. The summed E-state index contributed by atoms with van der Waals surface area (Å²) >= 11 is 0. The Kier molecular flexibility index (Phi) is 5.00. The molecule has 1 atom stereocenters. The minimum Gasteiger partial charge on any atom is -0.348 e. The number of rotatable bonds is 4. The number of hydrogen-bond donors (Lipinski definition) is 2. The molecule has 5 nitrogen and oxygen atoms in total.